The Hall–Kier alpha value is -3.98. The molecule has 4 aromatic rings. The summed E-state index contributed by atoms with van der Waals surface area (Å²) in [5.41, 5.74) is 1.28. The zero-order chi connectivity index (χ0) is 24.2. The molecule has 174 valence electrons. The molecule has 2 aromatic heterocycles. The number of hydrogen-bond acceptors (Lipinski definition) is 7. The van der Waals surface area contributed by atoms with Crippen LogP contribution in [0.25, 0.3) is 16.5 Å². The molecule has 0 unspecified atom stereocenters. The van der Waals surface area contributed by atoms with E-state index in [2.05, 4.69) is 10.4 Å². The van der Waals surface area contributed by atoms with Crippen LogP contribution in [0.15, 0.2) is 58.7 Å². The van der Waals surface area contributed by atoms with Crippen molar-refractivity contribution in [1.29, 1.82) is 0 Å². The Bertz CT molecular complexity index is 1420. The van der Waals surface area contributed by atoms with Crippen molar-refractivity contribution < 1.29 is 19.1 Å². The van der Waals surface area contributed by atoms with Crippen molar-refractivity contribution in [3.63, 3.8) is 0 Å². The van der Waals surface area contributed by atoms with Crippen molar-refractivity contribution in [3.8, 4) is 11.4 Å². The average molecular weight is 478 g/mol. The first-order chi connectivity index (χ1) is 16.4. The minimum Gasteiger partial charge on any atom is -0.494 e. The van der Waals surface area contributed by atoms with Crippen molar-refractivity contribution in [2.24, 2.45) is 0 Å². The molecule has 2 aromatic carbocycles. The average Bonchev–Trinajstić information content (AvgIpc) is 3.24. The van der Waals surface area contributed by atoms with Gasteiger partial charge < -0.3 is 14.8 Å². The molecule has 1 N–H and O–H groups in total. The second-order valence-electron chi connectivity index (χ2n) is 7.34. The van der Waals surface area contributed by atoms with Crippen LogP contribution in [0, 0.1) is 6.92 Å². The van der Waals surface area contributed by atoms with Gasteiger partial charge in [0.25, 0.3) is 11.5 Å². The van der Waals surface area contributed by atoms with E-state index in [0.29, 0.717) is 34.0 Å². The minimum absolute atomic E-state index is 0.00187. The smallest absolute Gasteiger partial charge is 0.359 e. The fourth-order valence-electron chi connectivity index (χ4n) is 3.52. The molecule has 0 spiro atoms. The Labute approximate surface area is 199 Å². The Morgan fingerprint density at radius 3 is 2.47 bits per heavy atom. The summed E-state index contributed by atoms with van der Waals surface area (Å²) >= 11 is 1.16. The number of hydrogen-bond donors (Lipinski definition) is 1. The second kappa shape index (κ2) is 9.88. The SMILES string of the molecule is CCOC(=O)c1nn(-c2ccc(OCC)cc2)c(=O)c2c(NC(=O)c3ccccc3C)scc12. The predicted molar refractivity (Wildman–Crippen MR) is 131 cm³/mol. The number of ether oxygens (including phenoxy) is 2. The molecule has 2 heterocycles. The minimum atomic E-state index is -0.651. The third-order valence-electron chi connectivity index (χ3n) is 5.13. The molecule has 34 heavy (non-hydrogen) atoms. The lowest BCUT2D eigenvalue weighted by Gasteiger charge is -2.11. The number of benzene rings is 2. The molecule has 8 nitrogen and oxygen atoms in total. The quantitative estimate of drug-likeness (QED) is 0.391. The van der Waals surface area contributed by atoms with Gasteiger partial charge in [0, 0.05) is 16.3 Å². The normalized spacial score (nSPS) is 10.8. The van der Waals surface area contributed by atoms with Crippen LogP contribution in [0.3, 0.4) is 0 Å². The number of thiophene rings is 1. The van der Waals surface area contributed by atoms with Crippen molar-refractivity contribution in [2.45, 2.75) is 20.8 Å². The highest BCUT2D eigenvalue weighted by Gasteiger charge is 2.23. The molecule has 0 fully saturated rings. The van der Waals surface area contributed by atoms with Gasteiger partial charge in [0.15, 0.2) is 5.69 Å². The number of rotatable bonds is 7. The summed E-state index contributed by atoms with van der Waals surface area (Å²) in [5, 5.41) is 9.63. The maximum atomic E-state index is 13.5. The maximum absolute atomic E-state index is 13.5. The zero-order valence-corrected chi connectivity index (χ0v) is 19.8. The lowest BCUT2D eigenvalue weighted by Crippen LogP contribution is -2.25. The van der Waals surface area contributed by atoms with Crippen LogP contribution >= 0.6 is 11.3 Å². The lowest BCUT2D eigenvalue weighted by atomic mass is 10.1. The van der Waals surface area contributed by atoms with E-state index in [9.17, 15) is 14.4 Å². The molecule has 0 saturated heterocycles. The van der Waals surface area contributed by atoms with Crippen molar-refractivity contribution in [1.82, 2.24) is 9.78 Å². The topological polar surface area (TPSA) is 99.5 Å². The molecule has 0 saturated carbocycles. The first-order valence-electron chi connectivity index (χ1n) is 10.8. The Kier molecular flexibility index (Phi) is 6.74. The van der Waals surface area contributed by atoms with Crippen LogP contribution in [0.4, 0.5) is 5.00 Å². The van der Waals surface area contributed by atoms with Crippen molar-refractivity contribution in [3.05, 3.63) is 81.1 Å². The highest BCUT2D eigenvalue weighted by Crippen LogP contribution is 2.31. The van der Waals surface area contributed by atoms with Crippen LogP contribution in [-0.4, -0.2) is 34.9 Å². The molecular weight excluding hydrogens is 454 g/mol. The number of aryl methyl sites for hydroxylation is 1. The summed E-state index contributed by atoms with van der Waals surface area (Å²) < 4.78 is 11.8. The van der Waals surface area contributed by atoms with E-state index < -0.39 is 11.5 Å². The summed E-state index contributed by atoms with van der Waals surface area (Å²) in [5.74, 6) is -0.349. The molecule has 1 amide bonds. The highest BCUT2D eigenvalue weighted by molar-refractivity contribution is 7.16. The number of carbonyl (C=O) groups excluding carboxylic acids is 2. The number of nitrogens with one attached hydrogen (secondary N) is 1. The van der Waals surface area contributed by atoms with Gasteiger partial charge in [-0.05, 0) is 56.7 Å². The Morgan fingerprint density at radius 2 is 1.79 bits per heavy atom. The lowest BCUT2D eigenvalue weighted by molar-refractivity contribution is 0.0520. The monoisotopic (exact) mass is 477 g/mol. The van der Waals surface area contributed by atoms with Crippen LogP contribution in [0.2, 0.25) is 0 Å². The molecule has 4 rings (SSSR count). The van der Waals surface area contributed by atoms with Crippen LogP contribution in [0.1, 0.15) is 40.3 Å². The molecule has 0 aliphatic heterocycles. The first kappa shape index (κ1) is 23.2. The first-order valence-corrected chi connectivity index (χ1v) is 11.6. The van der Waals surface area contributed by atoms with Gasteiger partial charge in [0.2, 0.25) is 0 Å². The summed E-state index contributed by atoms with van der Waals surface area (Å²) in [6, 6.07) is 14.0. The van der Waals surface area contributed by atoms with Crippen LogP contribution in [-0.2, 0) is 4.74 Å². The van der Waals surface area contributed by atoms with Crippen molar-refractivity contribution >= 4 is 39.0 Å². The van der Waals surface area contributed by atoms with E-state index in [4.69, 9.17) is 9.47 Å². The number of esters is 1. The van der Waals surface area contributed by atoms with E-state index in [1.807, 2.05) is 26.0 Å². The number of amides is 1. The van der Waals surface area contributed by atoms with Gasteiger partial charge in [-0.3, -0.25) is 9.59 Å². The van der Waals surface area contributed by atoms with E-state index in [1.165, 1.54) is 0 Å². The largest absolute Gasteiger partial charge is 0.494 e. The number of carbonyl (C=O) groups is 2. The van der Waals surface area contributed by atoms with Gasteiger partial charge in [-0.25, -0.2) is 4.79 Å². The van der Waals surface area contributed by atoms with Gasteiger partial charge >= 0.3 is 5.97 Å². The van der Waals surface area contributed by atoms with Gasteiger partial charge in [0.1, 0.15) is 10.8 Å². The summed E-state index contributed by atoms with van der Waals surface area (Å²) in [6.45, 7) is 6.07. The Morgan fingerprint density at radius 1 is 1.06 bits per heavy atom. The molecule has 9 heteroatoms. The van der Waals surface area contributed by atoms with E-state index >= 15 is 0 Å². The number of aromatic nitrogens is 2. The van der Waals surface area contributed by atoms with E-state index in [1.54, 1.807) is 48.7 Å². The summed E-state index contributed by atoms with van der Waals surface area (Å²) in [7, 11) is 0. The predicted octanol–water partition coefficient (Wildman–Crippen LogP) is 4.58. The standard InChI is InChI=1S/C25H23N3O5S/c1-4-32-17-12-10-16(11-13-17)28-24(30)20-19(21(27-28)25(31)33-5-2)14-34-23(20)26-22(29)18-9-7-6-8-15(18)3/h6-14H,4-5H2,1-3H3,(H,26,29). The van der Waals surface area contributed by atoms with Gasteiger partial charge in [-0.1, -0.05) is 18.2 Å². The second-order valence-corrected chi connectivity index (χ2v) is 8.22. The highest BCUT2D eigenvalue weighted by atomic mass is 32.1. The molecular formula is C25H23N3O5S. The number of nitrogens with zero attached hydrogens (tertiary/aromatic N) is 2. The zero-order valence-electron chi connectivity index (χ0n) is 19.0. The number of fused-ring (bicyclic) bond motifs is 1. The fraction of sp³-hybridized carbons (Fsp3) is 0.200. The number of anilines is 1. The molecule has 0 aliphatic carbocycles. The van der Waals surface area contributed by atoms with E-state index in [0.717, 1.165) is 21.6 Å². The fourth-order valence-corrected chi connectivity index (χ4v) is 4.45. The summed E-state index contributed by atoms with van der Waals surface area (Å²) in [6.07, 6.45) is 0. The molecule has 0 bridgehead atoms. The van der Waals surface area contributed by atoms with Crippen molar-refractivity contribution in [2.75, 3.05) is 18.5 Å². The molecule has 0 radical (unpaired) electrons. The van der Waals surface area contributed by atoms with Crippen LogP contribution in [0.5, 0.6) is 5.75 Å². The third-order valence-corrected chi connectivity index (χ3v) is 6.03. The third kappa shape index (κ3) is 4.42. The van der Waals surface area contributed by atoms with Gasteiger partial charge in [-0.15, -0.1) is 11.3 Å². The molecule has 0 atom stereocenters. The summed E-state index contributed by atoms with van der Waals surface area (Å²) in [4.78, 5) is 39.1. The Balaban J connectivity index is 1.86. The van der Waals surface area contributed by atoms with Crippen LogP contribution < -0.4 is 15.6 Å². The molecule has 0 aliphatic rings. The van der Waals surface area contributed by atoms with Gasteiger partial charge in [-0.2, -0.15) is 9.78 Å². The maximum Gasteiger partial charge on any atom is 0.359 e. The van der Waals surface area contributed by atoms with E-state index in [-0.39, 0.29) is 23.6 Å². The van der Waals surface area contributed by atoms with Gasteiger partial charge in [0.05, 0.1) is 24.3 Å².